The molecular weight excluding hydrogens is 192 g/mol. The van der Waals surface area contributed by atoms with Crippen molar-refractivity contribution in [2.24, 2.45) is 0 Å². The average molecular weight is 204 g/mol. The van der Waals surface area contributed by atoms with Gasteiger partial charge in [-0.05, 0) is 6.07 Å². The first-order chi connectivity index (χ1) is 7.33. The molecule has 2 aromatic heterocycles. The predicted molar refractivity (Wildman–Crippen MR) is 54.2 cm³/mol. The molecule has 0 aliphatic carbocycles. The van der Waals surface area contributed by atoms with Crippen molar-refractivity contribution in [2.45, 2.75) is 19.4 Å². The highest BCUT2D eigenvalue weighted by molar-refractivity contribution is 5.26. The third-order valence-corrected chi connectivity index (χ3v) is 2.26. The van der Waals surface area contributed by atoms with Crippen LogP contribution in [0.3, 0.4) is 0 Å². The summed E-state index contributed by atoms with van der Waals surface area (Å²) in [6, 6.07) is 1.76. The number of aliphatic hydroxyl groups is 1. The smallest absolute Gasteiger partial charge is 0.126 e. The summed E-state index contributed by atoms with van der Waals surface area (Å²) in [5, 5.41) is 10.0. The highest BCUT2D eigenvalue weighted by Crippen LogP contribution is 2.24. The van der Waals surface area contributed by atoms with E-state index >= 15 is 0 Å². The first-order valence-electron chi connectivity index (χ1n) is 4.83. The number of hydrogen-bond donors (Lipinski definition) is 1. The van der Waals surface area contributed by atoms with Gasteiger partial charge in [-0.1, -0.05) is 6.92 Å². The maximum atomic E-state index is 10.0. The summed E-state index contributed by atoms with van der Waals surface area (Å²) >= 11 is 0. The van der Waals surface area contributed by atoms with Gasteiger partial charge in [0.05, 0.1) is 18.2 Å². The van der Waals surface area contributed by atoms with Crippen molar-refractivity contribution in [3.63, 3.8) is 0 Å². The lowest BCUT2D eigenvalue weighted by Crippen LogP contribution is -2.03. The summed E-state index contributed by atoms with van der Waals surface area (Å²) in [4.78, 5) is 7.97. The third kappa shape index (κ3) is 1.89. The molecule has 15 heavy (non-hydrogen) atoms. The summed E-state index contributed by atoms with van der Waals surface area (Å²) in [5.74, 6) is 0.785. The van der Waals surface area contributed by atoms with Gasteiger partial charge in [-0.15, -0.1) is 0 Å². The van der Waals surface area contributed by atoms with E-state index in [1.165, 1.54) is 0 Å². The molecule has 0 amide bonds. The Hall–Kier alpha value is -1.68. The molecule has 0 aromatic carbocycles. The first-order valence-corrected chi connectivity index (χ1v) is 4.83. The highest BCUT2D eigenvalue weighted by atomic mass is 16.3. The molecule has 0 fully saturated rings. The number of hydrogen-bond acceptors (Lipinski definition) is 4. The second kappa shape index (κ2) is 4.23. The van der Waals surface area contributed by atoms with E-state index in [9.17, 15) is 5.11 Å². The Labute approximate surface area is 87.6 Å². The van der Waals surface area contributed by atoms with Gasteiger partial charge >= 0.3 is 0 Å². The maximum Gasteiger partial charge on any atom is 0.126 e. The number of aliphatic hydroxyl groups excluding tert-OH is 1. The van der Waals surface area contributed by atoms with Crippen molar-refractivity contribution in [1.29, 1.82) is 0 Å². The van der Waals surface area contributed by atoms with Crippen LogP contribution in [0.4, 0.5) is 0 Å². The molecule has 0 saturated carbocycles. The van der Waals surface area contributed by atoms with Crippen LogP contribution in [0.1, 0.15) is 30.0 Å². The lowest BCUT2D eigenvalue weighted by atomic mass is 10.1. The van der Waals surface area contributed by atoms with Crippen LogP contribution in [0, 0.1) is 0 Å². The van der Waals surface area contributed by atoms with Crippen molar-refractivity contribution >= 4 is 0 Å². The molecule has 4 heteroatoms. The van der Waals surface area contributed by atoms with Gasteiger partial charge in [-0.2, -0.15) is 0 Å². The fourth-order valence-corrected chi connectivity index (χ4v) is 1.49. The van der Waals surface area contributed by atoms with Gasteiger partial charge < -0.3 is 9.52 Å². The molecule has 2 rings (SSSR count). The van der Waals surface area contributed by atoms with Gasteiger partial charge in [0.25, 0.3) is 0 Å². The molecule has 0 saturated heterocycles. The zero-order valence-corrected chi connectivity index (χ0v) is 8.42. The Morgan fingerprint density at radius 2 is 2.33 bits per heavy atom. The Kier molecular flexibility index (Phi) is 2.78. The second-order valence-corrected chi connectivity index (χ2v) is 3.19. The van der Waals surface area contributed by atoms with E-state index in [0.29, 0.717) is 5.69 Å². The van der Waals surface area contributed by atoms with Crippen molar-refractivity contribution < 1.29 is 9.52 Å². The summed E-state index contributed by atoms with van der Waals surface area (Å²) in [6.07, 6.45) is 6.26. The van der Waals surface area contributed by atoms with E-state index in [1.54, 1.807) is 30.9 Å². The highest BCUT2D eigenvalue weighted by Gasteiger charge is 2.17. The largest absolute Gasteiger partial charge is 0.469 e. The predicted octanol–water partition coefficient (Wildman–Crippen LogP) is 1.71. The lowest BCUT2D eigenvalue weighted by molar-refractivity contribution is 0.212. The van der Waals surface area contributed by atoms with Crippen LogP contribution in [0.25, 0.3) is 0 Å². The third-order valence-electron chi connectivity index (χ3n) is 2.26. The molecule has 2 heterocycles. The van der Waals surface area contributed by atoms with Gasteiger partial charge in [-0.3, -0.25) is 9.97 Å². The standard InChI is InChI=1S/C11H12N2O2/c1-2-10-8(3-6-15-10)11(14)9-7-12-4-5-13-9/h3-7,11,14H,2H2,1H3. The summed E-state index contributed by atoms with van der Waals surface area (Å²) in [5.41, 5.74) is 1.30. The van der Waals surface area contributed by atoms with E-state index in [0.717, 1.165) is 17.7 Å². The molecule has 78 valence electrons. The van der Waals surface area contributed by atoms with Crippen LogP contribution in [0.5, 0.6) is 0 Å². The van der Waals surface area contributed by atoms with E-state index < -0.39 is 6.10 Å². The van der Waals surface area contributed by atoms with Crippen LogP contribution in [-0.4, -0.2) is 15.1 Å². The Bertz CT molecular complexity index is 425. The minimum atomic E-state index is -0.757. The molecule has 4 nitrogen and oxygen atoms in total. The van der Waals surface area contributed by atoms with Gasteiger partial charge in [0.2, 0.25) is 0 Å². The minimum Gasteiger partial charge on any atom is -0.469 e. The fourth-order valence-electron chi connectivity index (χ4n) is 1.49. The normalized spacial score (nSPS) is 12.7. The van der Waals surface area contributed by atoms with Crippen LogP contribution >= 0.6 is 0 Å². The van der Waals surface area contributed by atoms with Crippen LogP contribution in [0.15, 0.2) is 35.3 Å². The van der Waals surface area contributed by atoms with Gasteiger partial charge in [0, 0.05) is 24.4 Å². The van der Waals surface area contributed by atoms with Crippen molar-refractivity contribution in [1.82, 2.24) is 9.97 Å². The molecule has 0 spiro atoms. The maximum absolute atomic E-state index is 10.0. The van der Waals surface area contributed by atoms with Crippen LogP contribution in [-0.2, 0) is 6.42 Å². The topological polar surface area (TPSA) is 59.2 Å². The second-order valence-electron chi connectivity index (χ2n) is 3.19. The number of aromatic nitrogens is 2. The monoisotopic (exact) mass is 204 g/mol. The number of nitrogens with zero attached hydrogens (tertiary/aromatic N) is 2. The Balaban J connectivity index is 2.32. The first kappa shape index (κ1) is 9.86. The molecule has 0 aliphatic rings. The van der Waals surface area contributed by atoms with E-state index in [2.05, 4.69) is 9.97 Å². The summed E-state index contributed by atoms with van der Waals surface area (Å²) < 4.78 is 5.25. The molecule has 1 atom stereocenters. The Morgan fingerprint density at radius 1 is 1.47 bits per heavy atom. The van der Waals surface area contributed by atoms with Crippen molar-refractivity contribution in [3.8, 4) is 0 Å². The number of furan rings is 1. The van der Waals surface area contributed by atoms with Gasteiger partial charge in [0.15, 0.2) is 0 Å². The molecule has 0 aliphatic heterocycles. The number of rotatable bonds is 3. The van der Waals surface area contributed by atoms with Crippen molar-refractivity contribution in [3.05, 3.63) is 47.9 Å². The lowest BCUT2D eigenvalue weighted by Gasteiger charge is -2.08. The molecular formula is C11H12N2O2. The average Bonchev–Trinajstić information content (AvgIpc) is 2.77. The fraction of sp³-hybridized carbons (Fsp3) is 0.273. The zero-order valence-electron chi connectivity index (χ0n) is 8.42. The molecule has 0 radical (unpaired) electrons. The van der Waals surface area contributed by atoms with Crippen LogP contribution < -0.4 is 0 Å². The Morgan fingerprint density at radius 3 is 3.00 bits per heavy atom. The van der Waals surface area contributed by atoms with Gasteiger partial charge in [0.1, 0.15) is 11.9 Å². The van der Waals surface area contributed by atoms with E-state index in [4.69, 9.17) is 4.42 Å². The molecule has 0 bridgehead atoms. The summed E-state index contributed by atoms with van der Waals surface area (Å²) in [7, 11) is 0. The van der Waals surface area contributed by atoms with Gasteiger partial charge in [-0.25, -0.2) is 0 Å². The minimum absolute atomic E-state index is 0.536. The van der Waals surface area contributed by atoms with Crippen molar-refractivity contribution in [2.75, 3.05) is 0 Å². The quantitative estimate of drug-likeness (QED) is 0.826. The van der Waals surface area contributed by atoms with E-state index in [-0.39, 0.29) is 0 Å². The zero-order chi connectivity index (χ0) is 10.7. The SMILES string of the molecule is CCc1occc1C(O)c1cnccn1. The molecule has 2 aromatic rings. The summed E-state index contributed by atoms with van der Waals surface area (Å²) in [6.45, 7) is 1.98. The van der Waals surface area contributed by atoms with Crippen LogP contribution in [0.2, 0.25) is 0 Å². The molecule has 1 N–H and O–H groups in total. The van der Waals surface area contributed by atoms with E-state index in [1.807, 2.05) is 6.92 Å². The number of aryl methyl sites for hydroxylation is 1. The molecule has 1 unspecified atom stereocenters.